The molecule has 1 aromatic rings. The SMILES string of the molecule is CCNC(=O)CC(CN)N(C)Cc1ccncc1. The maximum atomic E-state index is 11.6. The van der Waals surface area contributed by atoms with E-state index >= 15 is 0 Å². The summed E-state index contributed by atoms with van der Waals surface area (Å²) >= 11 is 0. The average molecular weight is 250 g/mol. The number of nitrogens with one attached hydrogen (secondary N) is 1. The lowest BCUT2D eigenvalue weighted by Crippen LogP contribution is -2.41. The van der Waals surface area contributed by atoms with E-state index in [9.17, 15) is 4.79 Å². The van der Waals surface area contributed by atoms with E-state index in [1.54, 1.807) is 12.4 Å². The molecule has 1 unspecified atom stereocenters. The van der Waals surface area contributed by atoms with Gasteiger partial charge in [0.2, 0.25) is 5.91 Å². The maximum absolute atomic E-state index is 11.6. The number of rotatable bonds is 7. The number of aromatic nitrogens is 1. The van der Waals surface area contributed by atoms with Gasteiger partial charge in [-0.2, -0.15) is 0 Å². The molecule has 0 fully saturated rings. The maximum Gasteiger partial charge on any atom is 0.221 e. The summed E-state index contributed by atoms with van der Waals surface area (Å²) in [6, 6.07) is 4.00. The second-order valence-electron chi connectivity index (χ2n) is 4.32. The Balaban J connectivity index is 2.51. The Morgan fingerprint density at radius 2 is 2.17 bits per heavy atom. The van der Waals surface area contributed by atoms with E-state index < -0.39 is 0 Å². The topological polar surface area (TPSA) is 71.2 Å². The molecule has 1 aromatic heterocycles. The Hall–Kier alpha value is -1.46. The third-order valence-electron chi connectivity index (χ3n) is 2.87. The molecule has 0 aliphatic heterocycles. The van der Waals surface area contributed by atoms with Crippen LogP contribution in [0.4, 0.5) is 0 Å². The van der Waals surface area contributed by atoms with Gasteiger partial charge in [-0.05, 0) is 31.7 Å². The molecule has 5 nitrogen and oxygen atoms in total. The van der Waals surface area contributed by atoms with Gasteiger partial charge in [-0.1, -0.05) is 0 Å². The molecule has 1 heterocycles. The van der Waals surface area contributed by atoms with E-state index in [1.165, 1.54) is 5.56 Å². The van der Waals surface area contributed by atoms with Gasteiger partial charge < -0.3 is 11.1 Å². The summed E-state index contributed by atoms with van der Waals surface area (Å²) < 4.78 is 0. The summed E-state index contributed by atoms with van der Waals surface area (Å²) in [5.74, 6) is 0.0505. The molecular weight excluding hydrogens is 228 g/mol. The molecule has 3 N–H and O–H groups in total. The summed E-state index contributed by atoms with van der Waals surface area (Å²) in [5.41, 5.74) is 6.91. The van der Waals surface area contributed by atoms with E-state index in [0.29, 0.717) is 19.5 Å². The minimum absolute atomic E-state index is 0.0505. The van der Waals surface area contributed by atoms with E-state index in [0.717, 1.165) is 6.54 Å². The fourth-order valence-corrected chi connectivity index (χ4v) is 1.81. The average Bonchev–Trinajstić information content (AvgIpc) is 2.37. The summed E-state index contributed by atoms with van der Waals surface area (Å²) in [6.07, 6.45) is 3.97. The molecule has 0 radical (unpaired) electrons. The number of pyridine rings is 1. The van der Waals surface area contributed by atoms with Crippen molar-refractivity contribution in [3.63, 3.8) is 0 Å². The highest BCUT2D eigenvalue weighted by atomic mass is 16.1. The van der Waals surface area contributed by atoms with Crippen LogP contribution in [-0.4, -0.2) is 42.0 Å². The van der Waals surface area contributed by atoms with E-state index in [4.69, 9.17) is 5.73 Å². The van der Waals surface area contributed by atoms with Crippen molar-refractivity contribution in [3.8, 4) is 0 Å². The highest BCUT2D eigenvalue weighted by molar-refractivity contribution is 5.76. The Kier molecular flexibility index (Phi) is 6.32. The molecule has 1 atom stereocenters. The van der Waals surface area contributed by atoms with Crippen LogP contribution in [0, 0.1) is 0 Å². The highest BCUT2D eigenvalue weighted by Gasteiger charge is 2.16. The minimum atomic E-state index is 0.0505. The minimum Gasteiger partial charge on any atom is -0.356 e. The van der Waals surface area contributed by atoms with Crippen molar-refractivity contribution in [3.05, 3.63) is 30.1 Å². The van der Waals surface area contributed by atoms with Crippen molar-refractivity contribution in [2.45, 2.75) is 25.9 Å². The van der Waals surface area contributed by atoms with Gasteiger partial charge in [0.05, 0.1) is 0 Å². The monoisotopic (exact) mass is 250 g/mol. The smallest absolute Gasteiger partial charge is 0.221 e. The Morgan fingerprint density at radius 1 is 1.50 bits per heavy atom. The fraction of sp³-hybridized carbons (Fsp3) is 0.538. The third kappa shape index (κ3) is 4.81. The first kappa shape index (κ1) is 14.6. The molecule has 0 spiro atoms. The van der Waals surface area contributed by atoms with E-state index in [2.05, 4.69) is 15.2 Å². The first-order valence-electron chi connectivity index (χ1n) is 6.23. The molecule has 0 aliphatic rings. The number of carbonyl (C=O) groups excluding carboxylic acids is 1. The number of likely N-dealkylation sites (N-methyl/N-ethyl adjacent to an activating group) is 1. The highest BCUT2D eigenvalue weighted by Crippen LogP contribution is 2.07. The molecule has 1 rings (SSSR count). The standard InChI is InChI=1S/C13H22N4O/c1-3-16-13(18)8-12(9-14)17(2)10-11-4-6-15-7-5-11/h4-7,12H,3,8-10,14H2,1-2H3,(H,16,18). The lowest BCUT2D eigenvalue weighted by molar-refractivity contribution is -0.122. The quantitative estimate of drug-likeness (QED) is 0.733. The predicted molar refractivity (Wildman–Crippen MR) is 71.8 cm³/mol. The summed E-state index contributed by atoms with van der Waals surface area (Å²) in [7, 11) is 1.98. The summed E-state index contributed by atoms with van der Waals surface area (Å²) in [6.45, 7) is 3.81. The number of amides is 1. The van der Waals surface area contributed by atoms with Gasteiger partial charge in [-0.25, -0.2) is 0 Å². The molecular formula is C13H22N4O. The van der Waals surface area contributed by atoms with Crippen LogP contribution in [-0.2, 0) is 11.3 Å². The lowest BCUT2D eigenvalue weighted by atomic mass is 10.1. The predicted octanol–water partition coefficient (Wildman–Crippen LogP) is 0.367. The van der Waals surface area contributed by atoms with Crippen molar-refractivity contribution in [1.29, 1.82) is 0 Å². The van der Waals surface area contributed by atoms with Crippen LogP contribution in [0.3, 0.4) is 0 Å². The molecule has 0 aliphatic carbocycles. The van der Waals surface area contributed by atoms with E-state index in [1.807, 2.05) is 26.1 Å². The number of carbonyl (C=O) groups is 1. The molecule has 5 heteroatoms. The second-order valence-corrected chi connectivity index (χ2v) is 4.32. The second kappa shape index (κ2) is 7.79. The largest absolute Gasteiger partial charge is 0.356 e. The van der Waals surface area contributed by atoms with Crippen LogP contribution < -0.4 is 11.1 Å². The summed E-state index contributed by atoms with van der Waals surface area (Å²) in [4.78, 5) is 17.7. The van der Waals surface area contributed by atoms with Crippen molar-refractivity contribution < 1.29 is 4.79 Å². The van der Waals surface area contributed by atoms with Gasteiger partial charge >= 0.3 is 0 Å². The third-order valence-corrected chi connectivity index (χ3v) is 2.87. The van der Waals surface area contributed by atoms with Crippen LogP contribution in [0.1, 0.15) is 18.9 Å². The van der Waals surface area contributed by atoms with Crippen molar-refractivity contribution in [2.75, 3.05) is 20.1 Å². The van der Waals surface area contributed by atoms with Gasteiger partial charge in [-0.15, -0.1) is 0 Å². The van der Waals surface area contributed by atoms with Gasteiger partial charge in [0.25, 0.3) is 0 Å². The normalized spacial score (nSPS) is 12.4. The number of hydrogen-bond donors (Lipinski definition) is 2. The Morgan fingerprint density at radius 3 is 2.72 bits per heavy atom. The van der Waals surface area contributed by atoms with Gasteiger partial charge in [-0.3, -0.25) is 14.7 Å². The first-order chi connectivity index (χ1) is 8.67. The van der Waals surface area contributed by atoms with Gasteiger partial charge in [0.1, 0.15) is 0 Å². The van der Waals surface area contributed by atoms with Crippen molar-refractivity contribution >= 4 is 5.91 Å². The number of hydrogen-bond acceptors (Lipinski definition) is 4. The molecule has 0 aromatic carbocycles. The van der Waals surface area contributed by atoms with Crippen LogP contribution in [0.25, 0.3) is 0 Å². The van der Waals surface area contributed by atoms with Gasteiger partial charge in [0, 0.05) is 44.5 Å². The molecule has 100 valence electrons. The van der Waals surface area contributed by atoms with E-state index in [-0.39, 0.29) is 11.9 Å². The van der Waals surface area contributed by atoms with Crippen LogP contribution >= 0.6 is 0 Å². The van der Waals surface area contributed by atoms with Crippen molar-refractivity contribution in [1.82, 2.24) is 15.2 Å². The number of nitrogens with two attached hydrogens (primary N) is 1. The zero-order valence-electron chi connectivity index (χ0n) is 11.1. The fourth-order valence-electron chi connectivity index (χ4n) is 1.81. The van der Waals surface area contributed by atoms with Crippen LogP contribution in [0.5, 0.6) is 0 Å². The van der Waals surface area contributed by atoms with Crippen LogP contribution in [0.15, 0.2) is 24.5 Å². The molecule has 0 bridgehead atoms. The Bertz CT molecular complexity index is 355. The van der Waals surface area contributed by atoms with Gasteiger partial charge in [0.15, 0.2) is 0 Å². The zero-order valence-corrected chi connectivity index (χ0v) is 11.1. The lowest BCUT2D eigenvalue weighted by Gasteiger charge is -2.26. The molecule has 0 saturated carbocycles. The first-order valence-corrected chi connectivity index (χ1v) is 6.23. The Labute approximate surface area is 108 Å². The van der Waals surface area contributed by atoms with Crippen molar-refractivity contribution in [2.24, 2.45) is 5.73 Å². The summed E-state index contributed by atoms with van der Waals surface area (Å²) in [5, 5.41) is 2.80. The zero-order chi connectivity index (χ0) is 13.4. The molecule has 1 amide bonds. The number of nitrogens with zero attached hydrogens (tertiary/aromatic N) is 2. The molecule has 0 saturated heterocycles. The molecule has 18 heavy (non-hydrogen) atoms. The van der Waals surface area contributed by atoms with Crippen LogP contribution in [0.2, 0.25) is 0 Å².